The number of piperidine rings is 1. The number of amides is 1. The number of carbonyl (C=O) groups excluding carboxylic acids is 1. The molecule has 25 heavy (non-hydrogen) atoms. The Morgan fingerprint density at radius 3 is 2.76 bits per heavy atom. The van der Waals surface area contributed by atoms with Gasteiger partial charge in [0, 0.05) is 12.0 Å². The first-order valence-corrected chi connectivity index (χ1v) is 8.69. The molecule has 0 bridgehead atoms. The number of carbonyl (C=O) groups is 1. The van der Waals surface area contributed by atoms with Gasteiger partial charge in [-0.25, -0.2) is 4.98 Å². The zero-order chi connectivity index (χ0) is 16.8. The minimum Gasteiger partial charge on any atom is -0.444 e. The summed E-state index contributed by atoms with van der Waals surface area (Å²) in [5.74, 6) is 1.74. The average molecular weight is 364 g/mol. The van der Waals surface area contributed by atoms with Crippen LogP contribution in [0.25, 0.3) is 11.5 Å². The van der Waals surface area contributed by atoms with Crippen molar-refractivity contribution in [1.29, 1.82) is 0 Å². The number of nitrogens with one attached hydrogen (secondary N) is 2. The Morgan fingerprint density at radius 2 is 2.04 bits per heavy atom. The highest BCUT2D eigenvalue weighted by molar-refractivity contribution is 5.85. The van der Waals surface area contributed by atoms with Crippen LogP contribution in [0.3, 0.4) is 0 Å². The molecule has 2 heterocycles. The summed E-state index contributed by atoms with van der Waals surface area (Å²) in [6, 6.07) is 9.76. The Labute approximate surface area is 155 Å². The molecule has 5 nitrogen and oxygen atoms in total. The standard InChI is InChI=1S/C19H25N3O2.ClH/c1-14(15-7-9-20-10-8-15)11-18(23)21-12-17-13-24-19(22-17)16-5-3-2-4-6-16;/h2-6,13-15,20H,7-12H2,1H3,(H,21,23);1H. The Kier molecular flexibility index (Phi) is 7.47. The third-order valence-corrected chi connectivity index (χ3v) is 4.74. The molecule has 6 heteroatoms. The van der Waals surface area contributed by atoms with Crippen molar-refractivity contribution < 1.29 is 9.21 Å². The minimum atomic E-state index is 0. The highest BCUT2D eigenvalue weighted by Gasteiger charge is 2.22. The summed E-state index contributed by atoms with van der Waals surface area (Å²) in [5, 5.41) is 6.32. The Balaban J connectivity index is 0.00000225. The van der Waals surface area contributed by atoms with Gasteiger partial charge in [-0.2, -0.15) is 0 Å². The quantitative estimate of drug-likeness (QED) is 0.825. The van der Waals surface area contributed by atoms with Crippen LogP contribution in [0.2, 0.25) is 0 Å². The molecule has 1 aromatic carbocycles. The third-order valence-electron chi connectivity index (χ3n) is 4.74. The lowest BCUT2D eigenvalue weighted by atomic mass is 9.84. The van der Waals surface area contributed by atoms with Crippen molar-refractivity contribution in [3.05, 3.63) is 42.3 Å². The van der Waals surface area contributed by atoms with E-state index in [9.17, 15) is 4.79 Å². The van der Waals surface area contributed by atoms with Crippen LogP contribution in [0.5, 0.6) is 0 Å². The Morgan fingerprint density at radius 1 is 1.32 bits per heavy atom. The van der Waals surface area contributed by atoms with E-state index < -0.39 is 0 Å². The van der Waals surface area contributed by atoms with E-state index in [1.165, 1.54) is 0 Å². The molecule has 1 aliphatic rings. The SMILES string of the molecule is CC(CC(=O)NCc1coc(-c2ccccc2)n1)C1CCNCC1.Cl. The maximum absolute atomic E-state index is 12.2. The van der Waals surface area contributed by atoms with Gasteiger partial charge in [-0.3, -0.25) is 4.79 Å². The zero-order valence-corrected chi connectivity index (χ0v) is 15.3. The normalized spacial score (nSPS) is 16.0. The van der Waals surface area contributed by atoms with Gasteiger partial charge < -0.3 is 15.1 Å². The topological polar surface area (TPSA) is 67.2 Å². The van der Waals surface area contributed by atoms with Gasteiger partial charge in [0.25, 0.3) is 0 Å². The predicted molar refractivity (Wildman–Crippen MR) is 100 cm³/mol. The molecule has 136 valence electrons. The highest BCUT2D eigenvalue weighted by Crippen LogP contribution is 2.24. The summed E-state index contributed by atoms with van der Waals surface area (Å²) in [6.07, 6.45) is 4.52. The van der Waals surface area contributed by atoms with Gasteiger partial charge in [0.15, 0.2) is 0 Å². The fourth-order valence-corrected chi connectivity index (χ4v) is 3.24. The second kappa shape index (κ2) is 9.59. The molecule has 1 fully saturated rings. The third kappa shape index (κ3) is 5.58. The first-order valence-electron chi connectivity index (χ1n) is 8.69. The number of hydrogen-bond donors (Lipinski definition) is 2. The van der Waals surface area contributed by atoms with Crippen LogP contribution in [0.1, 0.15) is 31.9 Å². The second-order valence-corrected chi connectivity index (χ2v) is 6.56. The van der Waals surface area contributed by atoms with Gasteiger partial charge in [-0.1, -0.05) is 25.1 Å². The van der Waals surface area contributed by atoms with Crippen molar-refractivity contribution in [2.45, 2.75) is 32.7 Å². The van der Waals surface area contributed by atoms with Crippen molar-refractivity contribution in [2.24, 2.45) is 11.8 Å². The smallest absolute Gasteiger partial charge is 0.226 e. The van der Waals surface area contributed by atoms with E-state index in [0.29, 0.717) is 30.7 Å². The first-order chi connectivity index (χ1) is 11.7. The highest BCUT2D eigenvalue weighted by atomic mass is 35.5. The van der Waals surface area contributed by atoms with Gasteiger partial charge in [-0.05, 0) is 49.9 Å². The van der Waals surface area contributed by atoms with E-state index >= 15 is 0 Å². The average Bonchev–Trinajstić information content (AvgIpc) is 3.10. The van der Waals surface area contributed by atoms with Gasteiger partial charge in [0.1, 0.15) is 6.26 Å². The molecule has 2 N–H and O–H groups in total. The summed E-state index contributed by atoms with van der Waals surface area (Å²) in [4.78, 5) is 16.6. The molecule has 1 amide bonds. The summed E-state index contributed by atoms with van der Waals surface area (Å²) in [6.45, 7) is 4.73. The van der Waals surface area contributed by atoms with Gasteiger partial charge in [0.2, 0.25) is 11.8 Å². The number of rotatable bonds is 6. The molecule has 1 saturated heterocycles. The molecule has 3 rings (SSSR count). The van der Waals surface area contributed by atoms with Gasteiger partial charge in [-0.15, -0.1) is 12.4 Å². The van der Waals surface area contributed by atoms with E-state index in [1.54, 1.807) is 6.26 Å². The number of benzene rings is 1. The summed E-state index contributed by atoms with van der Waals surface area (Å²) < 4.78 is 5.49. The van der Waals surface area contributed by atoms with Crippen molar-refractivity contribution in [3.63, 3.8) is 0 Å². The summed E-state index contributed by atoms with van der Waals surface area (Å²) in [5.41, 5.74) is 1.69. The number of hydrogen-bond acceptors (Lipinski definition) is 4. The summed E-state index contributed by atoms with van der Waals surface area (Å²) in [7, 11) is 0. The molecule has 1 atom stereocenters. The van der Waals surface area contributed by atoms with Crippen LogP contribution in [0, 0.1) is 11.8 Å². The predicted octanol–water partition coefficient (Wildman–Crippen LogP) is 3.41. The van der Waals surface area contributed by atoms with Gasteiger partial charge >= 0.3 is 0 Å². The van der Waals surface area contributed by atoms with Gasteiger partial charge in [0.05, 0.1) is 12.2 Å². The monoisotopic (exact) mass is 363 g/mol. The van der Waals surface area contributed by atoms with Crippen LogP contribution < -0.4 is 10.6 Å². The second-order valence-electron chi connectivity index (χ2n) is 6.56. The zero-order valence-electron chi connectivity index (χ0n) is 14.5. The van der Waals surface area contributed by atoms with E-state index in [0.717, 1.165) is 37.2 Å². The molecule has 2 aromatic rings. The molecule has 1 unspecified atom stereocenters. The molecule has 0 saturated carbocycles. The largest absolute Gasteiger partial charge is 0.444 e. The molecule has 0 spiro atoms. The van der Waals surface area contributed by atoms with Crippen LogP contribution >= 0.6 is 12.4 Å². The van der Waals surface area contributed by atoms with E-state index in [1.807, 2.05) is 30.3 Å². The number of aromatic nitrogens is 1. The van der Waals surface area contributed by atoms with Crippen molar-refractivity contribution >= 4 is 18.3 Å². The van der Waals surface area contributed by atoms with Crippen molar-refractivity contribution in [2.75, 3.05) is 13.1 Å². The van der Waals surface area contributed by atoms with Crippen molar-refractivity contribution in [3.8, 4) is 11.5 Å². The van der Waals surface area contributed by atoms with E-state index in [4.69, 9.17) is 4.42 Å². The van der Waals surface area contributed by atoms with Crippen LogP contribution in [0.4, 0.5) is 0 Å². The minimum absolute atomic E-state index is 0. The molecule has 1 aromatic heterocycles. The lowest BCUT2D eigenvalue weighted by Gasteiger charge is -2.27. The molecule has 1 aliphatic heterocycles. The lowest BCUT2D eigenvalue weighted by molar-refractivity contribution is -0.122. The molecule has 0 radical (unpaired) electrons. The molecule has 0 aliphatic carbocycles. The fourth-order valence-electron chi connectivity index (χ4n) is 3.24. The van der Waals surface area contributed by atoms with Crippen LogP contribution in [0.15, 0.2) is 41.0 Å². The van der Waals surface area contributed by atoms with Crippen LogP contribution in [-0.2, 0) is 11.3 Å². The van der Waals surface area contributed by atoms with Crippen LogP contribution in [-0.4, -0.2) is 24.0 Å². The lowest BCUT2D eigenvalue weighted by Crippen LogP contribution is -2.33. The maximum Gasteiger partial charge on any atom is 0.226 e. The number of halogens is 1. The Hall–Kier alpha value is -1.85. The number of oxazole rings is 1. The molecular weight excluding hydrogens is 338 g/mol. The van der Waals surface area contributed by atoms with Crippen molar-refractivity contribution in [1.82, 2.24) is 15.6 Å². The number of nitrogens with zero attached hydrogens (tertiary/aromatic N) is 1. The molecular formula is C19H26ClN3O2. The first kappa shape index (κ1) is 19.5. The summed E-state index contributed by atoms with van der Waals surface area (Å²) >= 11 is 0. The fraction of sp³-hybridized carbons (Fsp3) is 0.474. The maximum atomic E-state index is 12.2. The van der Waals surface area contributed by atoms with E-state index in [2.05, 4.69) is 22.5 Å². The van der Waals surface area contributed by atoms with E-state index in [-0.39, 0.29) is 18.3 Å². The Bertz CT molecular complexity index is 654.